The fourth-order valence-corrected chi connectivity index (χ4v) is 3.07. The first kappa shape index (κ1) is 12.3. The predicted octanol–water partition coefficient (Wildman–Crippen LogP) is 2.66. The summed E-state index contributed by atoms with van der Waals surface area (Å²) in [5.74, 6) is 0.503. The number of nitrogens with zero attached hydrogens (tertiary/aromatic N) is 2. The number of thiazole rings is 1. The van der Waals surface area contributed by atoms with Crippen molar-refractivity contribution >= 4 is 22.9 Å². The van der Waals surface area contributed by atoms with Gasteiger partial charge in [-0.25, -0.2) is 4.98 Å². The van der Waals surface area contributed by atoms with Gasteiger partial charge < -0.3 is 4.74 Å². The third kappa shape index (κ3) is 2.74. The van der Waals surface area contributed by atoms with Crippen LogP contribution in [-0.4, -0.2) is 35.7 Å². The Balaban J connectivity index is 2.02. The maximum atomic E-state index is 5.76. The molecule has 5 heteroatoms. The van der Waals surface area contributed by atoms with Gasteiger partial charge in [0, 0.05) is 18.5 Å². The summed E-state index contributed by atoms with van der Waals surface area (Å²) < 4.78 is 5.54. The number of halogens is 1. The van der Waals surface area contributed by atoms with Crippen molar-refractivity contribution in [2.75, 3.05) is 19.7 Å². The number of aromatic nitrogens is 1. The molecule has 0 N–H and O–H groups in total. The van der Waals surface area contributed by atoms with E-state index >= 15 is 0 Å². The lowest BCUT2D eigenvalue weighted by atomic mass is 10.2. The highest BCUT2D eigenvalue weighted by molar-refractivity contribution is 7.09. The molecule has 0 radical (unpaired) electrons. The molecule has 1 aliphatic rings. The van der Waals surface area contributed by atoms with Crippen LogP contribution in [0.5, 0.6) is 0 Å². The molecule has 2 unspecified atom stereocenters. The number of hydrogen-bond donors (Lipinski definition) is 0. The van der Waals surface area contributed by atoms with Crippen LogP contribution < -0.4 is 0 Å². The van der Waals surface area contributed by atoms with Crippen LogP contribution in [0.3, 0.4) is 0 Å². The second-order valence-electron chi connectivity index (χ2n) is 4.16. The number of ether oxygens (including phenoxy) is 1. The Morgan fingerprint density at radius 3 is 3.19 bits per heavy atom. The first-order valence-corrected chi connectivity index (χ1v) is 6.98. The van der Waals surface area contributed by atoms with E-state index in [-0.39, 0.29) is 0 Å². The Kier molecular flexibility index (Phi) is 4.19. The summed E-state index contributed by atoms with van der Waals surface area (Å²) in [6.45, 7) is 7.11. The normalized spacial score (nSPS) is 24.6. The van der Waals surface area contributed by atoms with Gasteiger partial charge >= 0.3 is 0 Å². The van der Waals surface area contributed by atoms with E-state index in [0.717, 1.165) is 30.4 Å². The maximum Gasteiger partial charge on any atom is 0.110 e. The molecule has 2 heterocycles. The standard InChI is InChI=1S/C11H17ClN2OS/c1-8-6-14(3-4-15-8)9(2)11-13-10(5-12)7-16-11/h7-9H,3-6H2,1-2H3. The lowest BCUT2D eigenvalue weighted by molar-refractivity contribution is -0.0319. The summed E-state index contributed by atoms with van der Waals surface area (Å²) in [6, 6.07) is 0.369. The van der Waals surface area contributed by atoms with E-state index in [9.17, 15) is 0 Å². The van der Waals surface area contributed by atoms with Crippen molar-refractivity contribution in [2.24, 2.45) is 0 Å². The number of morpholine rings is 1. The van der Waals surface area contributed by atoms with Gasteiger partial charge in [-0.1, -0.05) is 0 Å². The molecule has 16 heavy (non-hydrogen) atoms. The summed E-state index contributed by atoms with van der Waals surface area (Å²) in [4.78, 5) is 6.95. The van der Waals surface area contributed by atoms with E-state index in [1.807, 2.05) is 5.38 Å². The van der Waals surface area contributed by atoms with E-state index in [1.165, 1.54) is 0 Å². The van der Waals surface area contributed by atoms with Crippen LogP contribution in [0.1, 0.15) is 30.6 Å². The van der Waals surface area contributed by atoms with E-state index < -0.39 is 0 Å². The molecule has 0 amide bonds. The summed E-state index contributed by atoms with van der Waals surface area (Å²) in [5.41, 5.74) is 0.981. The first-order chi connectivity index (χ1) is 7.70. The van der Waals surface area contributed by atoms with Gasteiger partial charge in [0.25, 0.3) is 0 Å². The molecule has 1 aliphatic heterocycles. The van der Waals surface area contributed by atoms with Crippen LogP contribution in [0.2, 0.25) is 0 Å². The Morgan fingerprint density at radius 1 is 1.75 bits per heavy atom. The average molecular weight is 261 g/mol. The molecule has 0 aliphatic carbocycles. The molecular weight excluding hydrogens is 244 g/mol. The molecule has 1 fully saturated rings. The molecule has 2 rings (SSSR count). The Hall–Kier alpha value is -0.160. The van der Waals surface area contributed by atoms with Crippen molar-refractivity contribution in [1.29, 1.82) is 0 Å². The molecule has 0 aromatic carbocycles. The summed E-state index contributed by atoms with van der Waals surface area (Å²) in [5, 5.41) is 3.20. The molecule has 1 aromatic heterocycles. The molecule has 0 spiro atoms. The van der Waals surface area contributed by atoms with Gasteiger partial charge in [0.1, 0.15) is 5.01 Å². The lowest BCUT2D eigenvalue weighted by Crippen LogP contribution is -2.42. The quantitative estimate of drug-likeness (QED) is 0.782. The van der Waals surface area contributed by atoms with Crippen molar-refractivity contribution in [3.63, 3.8) is 0 Å². The third-order valence-electron chi connectivity index (χ3n) is 2.88. The Morgan fingerprint density at radius 2 is 2.56 bits per heavy atom. The van der Waals surface area contributed by atoms with E-state index in [1.54, 1.807) is 11.3 Å². The van der Waals surface area contributed by atoms with Crippen molar-refractivity contribution in [1.82, 2.24) is 9.88 Å². The second-order valence-corrected chi connectivity index (χ2v) is 5.32. The van der Waals surface area contributed by atoms with Gasteiger partial charge in [0.15, 0.2) is 0 Å². The number of alkyl halides is 1. The van der Waals surface area contributed by atoms with E-state index in [4.69, 9.17) is 16.3 Å². The minimum Gasteiger partial charge on any atom is -0.376 e. The third-order valence-corrected chi connectivity index (χ3v) is 4.22. The van der Waals surface area contributed by atoms with Crippen molar-refractivity contribution in [2.45, 2.75) is 31.9 Å². The largest absolute Gasteiger partial charge is 0.376 e. The first-order valence-electron chi connectivity index (χ1n) is 5.56. The molecule has 1 saturated heterocycles. The minimum absolute atomic E-state index is 0.323. The summed E-state index contributed by atoms with van der Waals surface area (Å²) in [7, 11) is 0. The number of rotatable bonds is 3. The summed E-state index contributed by atoms with van der Waals surface area (Å²) in [6.07, 6.45) is 0.323. The van der Waals surface area contributed by atoms with Crippen molar-refractivity contribution in [3.8, 4) is 0 Å². The Bertz CT molecular complexity index is 344. The van der Waals surface area contributed by atoms with Crippen LogP contribution in [0.25, 0.3) is 0 Å². The average Bonchev–Trinajstić information content (AvgIpc) is 2.76. The number of hydrogen-bond acceptors (Lipinski definition) is 4. The topological polar surface area (TPSA) is 25.4 Å². The molecule has 0 saturated carbocycles. The zero-order valence-electron chi connectivity index (χ0n) is 9.65. The fraction of sp³-hybridized carbons (Fsp3) is 0.727. The van der Waals surface area contributed by atoms with Crippen LogP contribution >= 0.6 is 22.9 Å². The molecule has 1 aromatic rings. The molecule has 2 atom stereocenters. The van der Waals surface area contributed by atoms with Crippen molar-refractivity contribution in [3.05, 3.63) is 16.1 Å². The van der Waals surface area contributed by atoms with Crippen LogP contribution in [0, 0.1) is 0 Å². The van der Waals surface area contributed by atoms with Gasteiger partial charge in [0.05, 0.1) is 30.3 Å². The zero-order chi connectivity index (χ0) is 11.5. The smallest absolute Gasteiger partial charge is 0.110 e. The van der Waals surface area contributed by atoms with Gasteiger partial charge in [-0.15, -0.1) is 22.9 Å². The van der Waals surface area contributed by atoms with Crippen LogP contribution in [0.15, 0.2) is 5.38 Å². The minimum atomic E-state index is 0.323. The molecule has 3 nitrogen and oxygen atoms in total. The van der Waals surface area contributed by atoms with Crippen LogP contribution in [-0.2, 0) is 10.6 Å². The van der Waals surface area contributed by atoms with E-state index in [0.29, 0.717) is 18.0 Å². The predicted molar refractivity (Wildman–Crippen MR) is 67.1 cm³/mol. The van der Waals surface area contributed by atoms with Gasteiger partial charge in [-0.2, -0.15) is 0 Å². The van der Waals surface area contributed by atoms with Gasteiger partial charge in [-0.3, -0.25) is 4.90 Å². The zero-order valence-corrected chi connectivity index (χ0v) is 11.2. The van der Waals surface area contributed by atoms with Gasteiger partial charge in [-0.05, 0) is 13.8 Å². The van der Waals surface area contributed by atoms with Crippen LogP contribution in [0.4, 0.5) is 0 Å². The lowest BCUT2D eigenvalue weighted by Gasteiger charge is -2.34. The monoisotopic (exact) mass is 260 g/mol. The molecule has 0 bridgehead atoms. The fourth-order valence-electron chi connectivity index (χ4n) is 1.93. The highest BCUT2D eigenvalue weighted by atomic mass is 35.5. The SMILES string of the molecule is CC1CN(C(C)c2nc(CCl)cs2)CCO1. The van der Waals surface area contributed by atoms with E-state index in [2.05, 4.69) is 23.7 Å². The van der Waals surface area contributed by atoms with Gasteiger partial charge in [0.2, 0.25) is 0 Å². The summed E-state index contributed by atoms with van der Waals surface area (Å²) >= 11 is 7.46. The molecular formula is C11H17ClN2OS. The maximum absolute atomic E-state index is 5.76. The second kappa shape index (κ2) is 5.45. The highest BCUT2D eigenvalue weighted by Gasteiger charge is 2.24. The van der Waals surface area contributed by atoms with Crippen molar-refractivity contribution < 1.29 is 4.74 Å². The highest BCUT2D eigenvalue weighted by Crippen LogP contribution is 2.25. The molecule has 90 valence electrons. The Labute approximate surface area is 105 Å².